The van der Waals surface area contributed by atoms with E-state index >= 15 is 0 Å². The van der Waals surface area contributed by atoms with Crippen LogP contribution in [0.25, 0.3) is 0 Å². The van der Waals surface area contributed by atoms with Crippen molar-refractivity contribution in [2.24, 2.45) is 5.73 Å². The third-order valence-corrected chi connectivity index (χ3v) is 3.17. The van der Waals surface area contributed by atoms with Gasteiger partial charge in [0.1, 0.15) is 12.6 Å². The Hall–Kier alpha value is -1.28. The summed E-state index contributed by atoms with van der Waals surface area (Å²) in [7, 11) is 0. The average Bonchev–Trinajstić information content (AvgIpc) is 2.80. The zero-order valence-corrected chi connectivity index (χ0v) is 11.4. The van der Waals surface area contributed by atoms with Gasteiger partial charge in [-0.25, -0.2) is 0 Å². The molecule has 1 amide bonds. The van der Waals surface area contributed by atoms with Crippen molar-refractivity contribution in [3.05, 3.63) is 18.5 Å². The molecule has 0 bridgehead atoms. The topological polar surface area (TPSA) is 64.2 Å². The Morgan fingerprint density at radius 1 is 1.40 bits per heavy atom. The number of amides is 1. The molecule has 2 unspecified atom stereocenters. The summed E-state index contributed by atoms with van der Waals surface area (Å²) < 4.78 is 40.0. The molecule has 20 heavy (non-hydrogen) atoms. The molecule has 2 rings (SSSR count). The number of nitrogens with zero attached hydrogens (tertiary/aromatic N) is 3. The third kappa shape index (κ3) is 3.86. The van der Waals surface area contributed by atoms with Crippen molar-refractivity contribution in [2.75, 3.05) is 6.54 Å². The van der Waals surface area contributed by atoms with Gasteiger partial charge in [0.25, 0.3) is 0 Å². The van der Waals surface area contributed by atoms with Crippen LogP contribution in [0.15, 0.2) is 18.5 Å². The number of piperidine rings is 1. The molecule has 0 saturated carbocycles. The first-order valence-corrected chi connectivity index (χ1v) is 5.97. The van der Waals surface area contributed by atoms with Gasteiger partial charge in [-0.05, 0) is 18.9 Å². The Labute approximate surface area is 120 Å². The number of hydrogen-bond donors (Lipinski definition) is 1. The van der Waals surface area contributed by atoms with Crippen LogP contribution < -0.4 is 5.73 Å². The molecule has 2 heterocycles. The lowest BCUT2D eigenvalue weighted by Crippen LogP contribution is -2.57. The van der Waals surface area contributed by atoms with E-state index in [0.29, 0.717) is 0 Å². The highest BCUT2D eigenvalue weighted by Gasteiger charge is 2.47. The van der Waals surface area contributed by atoms with Crippen LogP contribution in [0, 0.1) is 0 Å². The molecule has 1 fully saturated rings. The van der Waals surface area contributed by atoms with Crippen molar-refractivity contribution >= 4 is 18.3 Å². The summed E-state index contributed by atoms with van der Waals surface area (Å²) in [6, 6.07) is -0.535. The van der Waals surface area contributed by atoms with E-state index in [1.165, 1.54) is 17.1 Å². The number of hydrogen-bond acceptors (Lipinski definition) is 3. The summed E-state index contributed by atoms with van der Waals surface area (Å²) in [5, 5.41) is 3.81. The second-order valence-corrected chi connectivity index (χ2v) is 4.64. The van der Waals surface area contributed by atoms with Gasteiger partial charge in [-0.15, -0.1) is 12.4 Å². The van der Waals surface area contributed by atoms with Gasteiger partial charge in [-0.1, -0.05) is 0 Å². The molecular formula is C11H16ClF3N4O. The fraction of sp³-hybridized carbons (Fsp3) is 0.636. The number of alkyl halides is 3. The second-order valence-electron chi connectivity index (χ2n) is 4.64. The smallest absolute Gasteiger partial charge is 0.327 e. The van der Waals surface area contributed by atoms with Gasteiger partial charge in [-0.2, -0.15) is 18.3 Å². The van der Waals surface area contributed by atoms with Crippen molar-refractivity contribution in [3.63, 3.8) is 0 Å². The SMILES string of the molecule is Cl.NC1CCC(C(F)(F)F)N(C(=O)Cn2cccn2)C1. The molecule has 2 atom stereocenters. The molecule has 9 heteroatoms. The second kappa shape index (κ2) is 6.45. The van der Waals surface area contributed by atoms with Crippen molar-refractivity contribution in [1.82, 2.24) is 14.7 Å². The molecule has 1 aliphatic heterocycles. The first kappa shape index (κ1) is 16.8. The van der Waals surface area contributed by atoms with Gasteiger partial charge < -0.3 is 10.6 Å². The highest BCUT2D eigenvalue weighted by atomic mass is 35.5. The van der Waals surface area contributed by atoms with Crippen LogP contribution in [0.2, 0.25) is 0 Å². The lowest BCUT2D eigenvalue weighted by atomic mass is 9.98. The molecule has 0 aliphatic carbocycles. The van der Waals surface area contributed by atoms with Crippen LogP contribution in [0.1, 0.15) is 12.8 Å². The van der Waals surface area contributed by atoms with Crippen LogP contribution in [0.3, 0.4) is 0 Å². The Kier molecular flexibility index (Phi) is 5.41. The largest absolute Gasteiger partial charge is 0.408 e. The summed E-state index contributed by atoms with van der Waals surface area (Å²) >= 11 is 0. The van der Waals surface area contributed by atoms with Crippen molar-refractivity contribution in [2.45, 2.75) is 37.6 Å². The monoisotopic (exact) mass is 312 g/mol. The summed E-state index contributed by atoms with van der Waals surface area (Å²) in [4.78, 5) is 12.8. The van der Waals surface area contributed by atoms with E-state index in [-0.39, 0.29) is 38.3 Å². The lowest BCUT2D eigenvalue weighted by Gasteiger charge is -2.39. The quantitative estimate of drug-likeness (QED) is 0.892. The first-order valence-electron chi connectivity index (χ1n) is 5.97. The Balaban J connectivity index is 0.00000200. The van der Waals surface area contributed by atoms with Gasteiger partial charge in [0, 0.05) is 25.0 Å². The molecule has 0 radical (unpaired) electrons. The van der Waals surface area contributed by atoms with Crippen LogP contribution in [0.4, 0.5) is 13.2 Å². The summed E-state index contributed by atoms with van der Waals surface area (Å²) in [5.41, 5.74) is 5.66. The Bertz CT molecular complexity index is 437. The molecular weight excluding hydrogens is 297 g/mol. The standard InChI is InChI=1S/C11H15F3N4O.ClH/c12-11(13,14)9-3-2-8(15)6-18(9)10(19)7-17-5-1-4-16-17;/h1,4-5,8-9H,2-3,6-7,15H2;1H. The number of rotatable bonds is 2. The summed E-state index contributed by atoms with van der Waals surface area (Å²) in [6.07, 6.45) is -1.29. The minimum Gasteiger partial charge on any atom is -0.327 e. The maximum atomic E-state index is 12.9. The van der Waals surface area contributed by atoms with Crippen LogP contribution in [0.5, 0.6) is 0 Å². The predicted octanol–water partition coefficient (Wildman–Crippen LogP) is 1.19. The van der Waals surface area contributed by atoms with Gasteiger partial charge in [0.15, 0.2) is 0 Å². The number of carbonyl (C=O) groups is 1. The number of aromatic nitrogens is 2. The fourth-order valence-electron chi connectivity index (χ4n) is 2.24. The Morgan fingerprint density at radius 3 is 2.65 bits per heavy atom. The molecule has 0 spiro atoms. The molecule has 5 nitrogen and oxygen atoms in total. The average molecular weight is 313 g/mol. The van der Waals surface area contributed by atoms with E-state index in [0.717, 1.165) is 4.90 Å². The van der Waals surface area contributed by atoms with E-state index in [1.807, 2.05) is 0 Å². The van der Waals surface area contributed by atoms with E-state index in [2.05, 4.69) is 5.10 Å². The normalized spacial score (nSPS) is 23.3. The fourth-order valence-corrected chi connectivity index (χ4v) is 2.24. The first-order chi connectivity index (χ1) is 8.88. The number of carbonyl (C=O) groups excluding carboxylic acids is 1. The van der Waals surface area contributed by atoms with E-state index in [1.54, 1.807) is 6.07 Å². The molecule has 2 N–H and O–H groups in total. The van der Waals surface area contributed by atoms with Crippen molar-refractivity contribution in [3.8, 4) is 0 Å². The van der Waals surface area contributed by atoms with Crippen LogP contribution >= 0.6 is 12.4 Å². The van der Waals surface area contributed by atoms with Gasteiger partial charge in [0.05, 0.1) is 0 Å². The molecule has 0 aromatic carbocycles. The number of likely N-dealkylation sites (tertiary alicyclic amines) is 1. The maximum Gasteiger partial charge on any atom is 0.408 e. The maximum absolute atomic E-state index is 12.9. The van der Waals surface area contributed by atoms with E-state index in [4.69, 9.17) is 5.73 Å². The summed E-state index contributed by atoms with van der Waals surface area (Å²) in [5.74, 6) is -0.610. The van der Waals surface area contributed by atoms with Gasteiger partial charge >= 0.3 is 6.18 Å². The highest BCUT2D eigenvalue weighted by molar-refractivity contribution is 5.85. The van der Waals surface area contributed by atoms with Crippen molar-refractivity contribution < 1.29 is 18.0 Å². The minimum absolute atomic E-state index is 0. The zero-order chi connectivity index (χ0) is 14.0. The Morgan fingerprint density at radius 2 is 2.10 bits per heavy atom. The molecule has 1 saturated heterocycles. The van der Waals surface area contributed by atoms with Gasteiger partial charge in [-0.3, -0.25) is 9.48 Å². The van der Waals surface area contributed by atoms with Crippen molar-refractivity contribution in [1.29, 1.82) is 0 Å². The van der Waals surface area contributed by atoms with E-state index in [9.17, 15) is 18.0 Å². The lowest BCUT2D eigenvalue weighted by molar-refractivity contribution is -0.197. The molecule has 114 valence electrons. The van der Waals surface area contributed by atoms with E-state index < -0.39 is 24.2 Å². The minimum atomic E-state index is -4.42. The predicted molar refractivity (Wildman–Crippen MR) is 68.2 cm³/mol. The number of nitrogens with two attached hydrogens (primary N) is 1. The molecule has 1 aromatic heterocycles. The zero-order valence-electron chi connectivity index (χ0n) is 10.6. The number of halogens is 4. The van der Waals surface area contributed by atoms with Crippen LogP contribution in [-0.4, -0.2) is 45.4 Å². The third-order valence-electron chi connectivity index (χ3n) is 3.17. The molecule has 1 aliphatic rings. The van der Waals surface area contributed by atoms with Crippen LogP contribution in [-0.2, 0) is 11.3 Å². The molecule has 1 aromatic rings. The summed E-state index contributed by atoms with van der Waals surface area (Å²) in [6.45, 7) is -0.267. The van der Waals surface area contributed by atoms with Gasteiger partial charge in [0.2, 0.25) is 5.91 Å². The highest BCUT2D eigenvalue weighted by Crippen LogP contribution is 2.31.